The zero-order valence-corrected chi connectivity index (χ0v) is 14.3. The summed E-state index contributed by atoms with van der Waals surface area (Å²) in [5, 5.41) is 3.31. The Morgan fingerprint density at radius 3 is 2.68 bits per heavy atom. The van der Waals surface area contributed by atoms with Gasteiger partial charge in [0.15, 0.2) is 0 Å². The van der Waals surface area contributed by atoms with E-state index >= 15 is 0 Å². The van der Waals surface area contributed by atoms with E-state index in [-0.39, 0.29) is 0 Å². The van der Waals surface area contributed by atoms with Gasteiger partial charge in [0.25, 0.3) is 0 Å². The Morgan fingerprint density at radius 2 is 2.14 bits per heavy atom. The molecule has 0 saturated carbocycles. The fraction of sp³-hybridized carbons (Fsp3) is 0.429. The Labute approximate surface area is 135 Å². The summed E-state index contributed by atoms with van der Waals surface area (Å²) < 4.78 is 0. The average Bonchev–Trinajstić information content (AvgIpc) is 2.55. The molecule has 1 nitrogen and oxygen atoms in total. The molecule has 0 aliphatic heterocycles. The molecule has 0 amide bonds. The van der Waals surface area contributed by atoms with Crippen molar-refractivity contribution in [1.82, 2.24) is 5.32 Å². The van der Waals surface area contributed by atoms with Gasteiger partial charge in [-0.1, -0.05) is 68.0 Å². The van der Waals surface area contributed by atoms with Crippen LogP contribution in [0.5, 0.6) is 0 Å². The zero-order chi connectivity index (χ0) is 16.1. The van der Waals surface area contributed by atoms with E-state index in [0.29, 0.717) is 11.8 Å². The summed E-state index contributed by atoms with van der Waals surface area (Å²) in [6.45, 7) is 13.1. The van der Waals surface area contributed by atoms with Gasteiger partial charge < -0.3 is 5.32 Å². The number of allylic oxidation sites excluding steroid dienone is 8. The molecule has 1 N–H and O–H groups in total. The van der Waals surface area contributed by atoms with Gasteiger partial charge in [-0.15, -0.1) is 0 Å². The molecule has 1 heteroatoms. The quantitative estimate of drug-likeness (QED) is 0.485. The van der Waals surface area contributed by atoms with Crippen molar-refractivity contribution < 1.29 is 0 Å². The van der Waals surface area contributed by atoms with Crippen LogP contribution in [0.4, 0.5) is 0 Å². The summed E-state index contributed by atoms with van der Waals surface area (Å²) in [5.74, 6) is 0.943. The maximum Gasteiger partial charge on any atom is 0.0373 e. The molecular formula is C21H29N. The van der Waals surface area contributed by atoms with E-state index < -0.39 is 0 Å². The van der Waals surface area contributed by atoms with E-state index in [9.17, 15) is 0 Å². The van der Waals surface area contributed by atoms with Crippen LogP contribution in [0.2, 0.25) is 0 Å². The minimum atomic E-state index is 0.450. The van der Waals surface area contributed by atoms with Crippen LogP contribution in [-0.4, -0.2) is 7.05 Å². The summed E-state index contributed by atoms with van der Waals surface area (Å²) >= 11 is 0. The minimum Gasteiger partial charge on any atom is -0.388 e. The van der Waals surface area contributed by atoms with Gasteiger partial charge in [0.1, 0.15) is 0 Å². The second kappa shape index (κ2) is 7.49. The monoisotopic (exact) mass is 295 g/mol. The van der Waals surface area contributed by atoms with Gasteiger partial charge in [0.05, 0.1) is 0 Å². The Balaban J connectivity index is 2.06. The lowest BCUT2D eigenvalue weighted by Crippen LogP contribution is -2.22. The van der Waals surface area contributed by atoms with Crippen LogP contribution in [0.3, 0.4) is 0 Å². The fourth-order valence-electron chi connectivity index (χ4n) is 3.32. The summed E-state index contributed by atoms with van der Waals surface area (Å²) in [6, 6.07) is 0. The SMILES string of the molecule is C=C(C(=C)C1CC(CCC)=C1C)/C(=C/C1C=CC=CC1)NC. The third kappa shape index (κ3) is 3.52. The van der Waals surface area contributed by atoms with Gasteiger partial charge in [-0.3, -0.25) is 0 Å². The third-order valence-corrected chi connectivity index (χ3v) is 4.88. The molecular weight excluding hydrogens is 266 g/mol. The summed E-state index contributed by atoms with van der Waals surface area (Å²) in [5.41, 5.74) is 6.49. The van der Waals surface area contributed by atoms with Crippen molar-refractivity contribution in [2.75, 3.05) is 7.05 Å². The average molecular weight is 295 g/mol. The second-order valence-electron chi connectivity index (χ2n) is 6.34. The standard InChI is InChI=1S/C21H29N/c1-6-10-19-14-20(17(19)4)15(2)16(3)21(22-5)13-18-11-8-7-9-12-18/h7-9,11,13,18,20,22H,2-3,6,10,12,14H2,1,4-5H3/b21-13-. The fourth-order valence-corrected chi connectivity index (χ4v) is 3.32. The predicted molar refractivity (Wildman–Crippen MR) is 97.5 cm³/mol. The van der Waals surface area contributed by atoms with E-state index in [1.807, 2.05) is 7.05 Å². The molecule has 0 saturated heterocycles. The predicted octanol–water partition coefficient (Wildman–Crippen LogP) is 5.47. The first-order valence-electron chi connectivity index (χ1n) is 8.38. The molecule has 0 aromatic heterocycles. The van der Waals surface area contributed by atoms with Crippen molar-refractivity contribution in [3.05, 3.63) is 71.5 Å². The number of rotatable bonds is 7. The first-order valence-corrected chi connectivity index (χ1v) is 8.38. The van der Waals surface area contributed by atoms with Crippen molar-refractivity contribution in [3.8, 4) is 0 Å². The Kier molecular flexibility index (Phi) is 5.65. The van der Waals surface area contributed by atoms with Gasteiger partial charge in [-0.25, -0.2) is 0 Å². The smallest absolute Gasteiger partial charge is 0.0373 e. The summed E-state index contributed by atoms with van der Waals surface area (Å²) in [7, 11) is 1.97. The first kappa shape index (κ1) is 16.6. The molecule has 2 rings (SSSR count). The summed E-state index contributed by atoms with van der Waals surface area (Å²) in [6.07, 6.45) is 15.6. The highest BCUT2D eigenvalue weighted by atomic mass is 14.8. The second-order valence-corrected chi connectivity index (χ2v) is 6.34. The highest BCUT2D eigenvalue weighted by Crippen LogP contribution is 2.43. The number of hydrogen-bond donors (Lipinski definition) is 1. The van der Waals surface area contributed by atoms with E-state index in [1.54, 1.807) is 5.57 Å². The topological polar surface area (TPSA) is 12.0 Å². The van der Waals surface area contributed by atoms with Gasteiger partial charge in [-0.05, 0) is 37.3 Å². The molecule has 118 valence electrons. The van der Waals surface area contributed by atoms with Crippen molar-refractivity contribution in [2.24, 2.45) is 11.8 Å². The molecule has 0 spiro atoms. The lowest BCUT2D eigenvalue weighted by atomic mass is 9.71. The normalized spacial score (nSPS) is 24.2. The maximum absolute atomic E-state index is 4.34. The molecule has 0 fully saturated rings. The van der Waals surface area contributed by atoms with E-state index in [1.165, 1.54) is 30.4 Å². The van der Waals surface area contributed by atoms with Crippen LogP contribution in [0.25, 0.3) is 0 Å². The van der Waals surface area contributed by atoms with Crippen molar-refractivity contribution in [2.45, 2.75) is 39.5 Å². The molecule has 0 aromatic carbocycles. The molecule has 0 heterocycles. The lowest BCUT2D eigenvalue weighted by molar-refractivity contribution is 0.583. The molecule has 22 heavy (non-hydrogen) atoms. The van der Waals surface area contributed by atoms with Crippen molar-refractivity contribution in [1.29, 1.82) is 0 Å². The van der Waals surface area contributed by atoms with Crippen LogP contribution in [0.1, 0.15) is 39.5 Å². The lowest BCUT2D eigenvalue weighted by Gasteiger charge is -2.34. The van der Waals surface area contributed by atoms with E-state index in [0.717, 1.165) is 17.7 Å². The molecule has 2 aliphatic rings. The number of hydrogen-bond acceptors (Lipinski definition) is 1. The Bertz CT molecular complexity index is 569. The number of nitrogens with one attached hydrogen (secondary N) is 1. The zero-order valence-electron chi connectivity index (χ0n) is 14.3. The summed E-state index contributed by atoms with van der Waals surface area (Å²) in [4.78, 5) is 0. The maximum atomic E-state index is 4.34. The Hall–Kier alpha value is -1.76. The van der Waals surface area contributed by atoms with E-state index in [4.69, 9.17) is 0 Å². The molecule has 2 atom stereocenters. The number of likely N-dealkylation sites (N-methyl/N-ethyl adjacent to an activating group) is 1. The molecule has 2 unspecified atom stereocenters. The van der Waals surface area contributed by atoms with Crippen molar-refractivity contribution >= 4 is 0 Å². The van der Waals surface area contributed by atoms with Gasteiger partial charge in [-0.2, -0.15) is 0 Å². The minimum absolute atomic E-state index is 0.450. The van der Waals surface area contributed by atoms with Crippen LogP contribution in [0, 0.1) is 11.8 Å². The van der Waals surface area contributed by atoms with Crippen LogP contribution in [0.15, 0.2) is 71.5 Å². The van der Waals surface area contributed by atoms with Crippen LogP contribution < -0.4 is 5.32 Å². The van der Waals surface area contributed by atoms with E-state index in [2.05, 4.69) is 62.7 Å². The van der Waals surface area contributed by atoms with Crippen LogP contribution in [-0.2, 0) is 0 Å². The molecule has 2 aliphatic carbocycles. The highest BCUT2D eigenvalue weighted by Gasteiger charge is 2.29. The molecule has 0 radical (unpaired) electrons. The Morgan fingerprint density at radius 1 is 1.36 bits per heavy atom. The highest BCUT2D eigenvalue weighted by molar-refractivity contribution is 5.50. The first-order chi connectivity index (χ1) is 10.6. The molecule has 0 bridgehead atoms. The van der Waals surface area contributed by atoms with Gasteiger partial charge in [0, 0.05) is 24.6 Å². The third-order valence-electron chi connectivity index (χ3n) is 4.88. The largest absolute Gasteiger partial charge is 0.388 e. The van der Waals surface area contributed by atoms with Crippen molar-refractivity contribution in [3.63, 3.8) is 0 Å². The van der Waals surface area contributed by atoms with Gasteiger partial charge in [0.2, 0.25) is 0 Å². The van der Waals surface area contributed by atoms with Crippen LogP contribution >= 0.6 is 0 Å². The molecule has 0 aromatic rings. The van der Waals surface area contributed by atoms with Gasteiger partial charge >= 0.3 is 0 Å².